The monoisotopic (exact) mass is 140 g/mol. The van der Waals surface area contributed by atoms with Gasteiger partial charge in [0.2, 0.25) is 5.91 Å². The summed E-state index contributed by atoms with van der Waals surface area (Å²) in [5, 5.41) is 2.75. The van der Waals surface area contributed by atoms with Crippen LogP contribution in [-0.2, 0) is 4.79 Å². The van der Waals surface area contributed by atoms with Crippen LogP contribution in [0.2, 0.25) is 0 Å². The zero-order chi connectivity index (χ0) is 7.56. The summed E-state index contributed by atoms with van der Waals surface area (Å²) in [5.41, 5.74) is 0.967. The van der Waals surface area contributed by atoms with Gasteiger partial charge >= 0.3 is 0 Å². The van der Waals surface area contributed by atoms with E-state index in [1.807, 2.05) is 11.8 Å². The summed E-state index contributed by atoms with van der Waals surface area (Å²) < 4.78 is 0. The van der Waals surface area contributed by atoms with Gasteiger partial charge in [-0.2, -0.15) is 0 Å². The molecule has 0 aliphatic carbocycles. The fourth-order valence-corrected chi connectivity index (χ4v) is 0.964. The maximum Gasteiger partial charge on any atom is 0.239 e. The van der Waals surface area contributed by atoms with Gasteiger partial charge in [-0.05, 0) is 6.92 Å². The molecule has 1 aliphatic rings. The Hall–Kier alpha value is -0.990. The summed E-state index contributed by atoms with van der Waals surface area (Å²) in [6.45, 7) is 7.77. The first-order valence-electron chi connectivity index (χ1n) is 3.37. The smallest absolute Gasteiger partial charge is 0.239 e. The number of carbonyl (C=O) groups excluding carboxylic acids is 1. The van der Waals surface area contributed by atoms with Crippen LogP contribution in [0, 0.1) is 0 Å². The third-order valence-corrected chi connectivity index (χ3v) is 1.58. The van der Waals surface area contributed by atoms with Crippen molar-refractivity contribution in [2.24, 2.45) is 0 Å². The van der Waals surface area contributed by atoms with E-state index in [1.54, 1.807) is 0 Å². The third kappa shape index (κ3) is 1.50. The fourth-order valence-electron chi connectivity index (χ4n) is 0.964. The van der Waals surface area contributed by atoms with Crippen LogP contribution in [0.3, 0.4) is 0 Å². The third-order valence-electron chi connectivity index (χ3n) is 1.58. The minimum Gasteiger partial charge on any atom is -0.365 e. The summed E-state index contributed by atoms with van der Waals surface area (Å²) in [6.07, 6.45) is 0. The van der Waals surface area contributed by atoms with Gasteiger partial charge in [0.15, 0.2) is 0 Å². The Labute approximate surface area is 60.7 Å². The molecule has 10 heavy (non-hydrogen) atoms. The molecule has 1 amide bonds. The molecule has 1 rings (SSSR count). The molecule has 0 bridgehead atoms. The molecule has 3 nitrogen and oxygen atoms in total. The summed E-state index contributed by atoms with van der Waals surface area (Å²) in [6, 6.07) is 0. The van der Waals surface area contributed by atoms with Crippen LogP contribution in [-0.4, -0.2) is 30.4 Å². The quantitative estimate of drug-likeness (QED) is 0.554. The minimum atomic E-state index is 0.0919. The molecule has 0 radical (unpaired) electrons. The van der Waals surface area contributed by atoms with Gasteiger partial charge in [0.1, 0.15) is 0 Å². The number of nitrogens with one attached hydrogen (secondary N) is 1. The highest BCUT2D eigenvalue weighted by molar-refractivity contribution is 5.78. The van der Waals surface area contributed by atoms with E-state index in [4.69, 9.17) is 0 Å². The highest BCUT2D eigenvalue weighted by atomic mass is 16.2. The van der Waals surface area contributed by atoms with Crippen molar-refractivity contribution in [1.82, 2.24) is 10.2 Å². The number of nitrogens with zero attached hydrogens (tertiary/aromatic N) is 1. The molecule has 0 atom stereocenters. The lowest BCUT2D eigenvalue weighted by atomic mass is 10.3. The van der Waals surface area contributed by atoms with E-state index >= 15 is 0 Å². The molecule has 0 aromatic rings. The number of rotatable bonds is 1. The molecule has 0 aromatic carbocycles. The molecular formula is C7H12N2O. The van der Waals surface area contributed by atoms with Crippen molar-refractivity contribution in [3.05, 3.63) is 12.3 Å². The summed E-state index contributed by atoms with van der Waals surface area (Å²) in [5.74, 6) is 0.0919. The molecule has 0 aromatic heterocycles. The highest BCUT2D eigenvalue weighted by Gasteiger charge is 2.14. The van der Waals surface area contributed by atoms with Crippen molar-refractivity contribution in [3.8, 4) is 0 Å². The van der Waals surface area contributed by atoms with Gasteiger partial charge < -0.3 is 10.2 Å². The average Bonchev–Trinajstić information content (AvgIpc) is 1.88. The Morgan fingerprint density at radius 3 is 2.90 bits per heavy atom. The van der Waals surface area contributed by atoms with E-state index in [0.717, 1.165) is 18.8 Å². The summed E-state index contributed by atoms with van der Waals surface area (Å²) in [4.78, 5) is 12.8. The Bertz CT molecular complexity index is 163. The molecular weight excluding hydrogens is 128 g/mol. The molecule has 1 saturated heterocycles. The first-order chi connectivity index (χ1) is 4.70. The minimum absolute atomic E-state index is 0.0919. The van der Waals surface area contributed by atoms with Crippen LogP contribution < -0.4 is 5.32 Å². The second kappa shape index (κ2) is 2.73. The second-order valence-corrected chi connectivity index (χ2v) is 2.51. The van der Waals surface area contributed by atoms with Gasteiger partial charge in [0.05, 0.1) is 6.54 Å². The maximum atomic E-state index is 10.8. The van der Waals surface area contributed by atoms with Crippen LogP contribution in [0.4, 0.5) is 0 Å². The first kappa shape index (κ1) is 7.12. The van der Waals surface area contributed by atoms with Crippen LogP contribution >= 0.6 is 0 Å². The Morgan fingerprint density at radius 1 is 1.80 bits per heavy atom. The van der Waals surface area contributed by atoms with E-state index in [-0.39, 0.29) is 5.91 Å². The number of hydrogen-bond acceptors (Lipinski definition) is 2. The SMILES string of the molecule is C=C(C)N1CCNC(=O)C1. The van der Waals surface area contributed by atoms with Crippen molar-refractivity contribution in [3.63, 3.8) is 0 Å². The predicted molar refractivity (Wildman–Crippen MR) is 39.4 cm³/mol. The lowest BCUT2D eigenvalue weighted by Crippen LogP contribution is -2.46. The van der Waals surface area contributed by atoms with Crippen LogP contribution in [0.15, 0.2) is 12.3 Å². The Balaban J connectivity index is 2.47. The van der Waals surface area contributed by atoms with E-state index < -0.39 is 0 Å². The van der Waals surface area contributed by atoms with Gasteiger partial charge in [-0.25, -0.2) is 0 Å². The summed E-state index contributed by atoms with van der Waals surface area (Å²) >= 11 is 0. The lowest BCUT2D eigenvalue weighted by Gasteiger charge is -2.28. The van der Waals surface area contributed by atoms with E-state index in [2.05, 4.69) is 11.9 Å². The Morgan fingerprint density at radius 2 is 2.50 bits per heavy atom. The molecule has 0 spiro atoms. The topological polar surface area (TPSA) is 32.3 Å². The van der Waals surface area contributed by atoms with Crippen LogP contribution in [0.25, 0.3) is 0 Å². The number of allylic oxidation sites excluding steroid dienone is 1. The van der Waals surface area contributed by atoms with Crippen LogP contribution in [0.5, 0.6) is 0 Å². The highest BCUT2D eigenvalue weighted by Crippen LogP contribution is 2.00. The van der Waals surface area contributed by atoms with Crippen molar-refractivity contribution in [2.75, 3.05) is 19.6 Å². The molecule has 1 aliphatic heterocycles. The number of amides is 1. The average molecular weight is 140 g/mol. The van der Waals surface area contributed by atoms with E-state index in [1.165, 1.54) is 0 Å². The van der Waals surface area contributed by atoms with Gasteiger partial charge in [-0.1, -0.05) is 6.58 Å². The van der Waals surface area contributed by atoms with Crippen molar-refractivity contribution in [1.29, 1.82) is 0 Å². The fraction of sp³-hybridized carbons (Fsp3) is 0.571. The second-order valence-electron chi connectivity index (χ2n) is 2.51. The van der Waals surface area contributed by atoms with E-state index in [9.17, 15) is 4.79 Å². The number of carbonyl (C=O) groups is 1. The van der Waals surface area contributed by atoms with Crippen molar-refractivity contribution < 1.29 is 4.79 Å². The normalized spacial score (nSPS) is 18.5. The van der Waals surface area contributed by atoms with Crippen LogP contribution in [0.1, 0.15) is 6.92 Å². The maximum absolute atomic E-state index is 10.8. The zero-order valence-electron chi connectivity index (χ0n) is 6.18. The van der Waals surface area contributed by atoms with Gasteiger partial charge in [-0.3, -0.25) is 4.79 Å². The zero-order valence-corrected chi connectivity index (χ0v) is 6.18. The number of hydrogen-bond donors (Lipinski definition) is 1. The molecule has 56 valence electrons. The molecule has 3 heteroatoms. The molecule has 0 saturated carbocycles. The predicted octanol–water partition coefficient (Wildman–Crippen LogP) is -0.0482. The number of piperazine rings is 1. The Kier molecular flexibility index (Phi) is 1.94. The standard InChI is InChI=1S/C7H12N2O/c1-6(2)9-4-3-8-7(10)5-9/h1,3-5H2,2H3,(H,8,10). The molecule has 0 unspecified atom stereocenters. The molecule has 1 fully saturated rings. The largest absolute Gasteiger partial charge is 0.365 e. The van der Waals surface area contributed by atoms with Gasteiger partial charge in [0.25, 0.3) is 0 Å². The van der Waals surface area contributed by atoms with E-state index in [0.29, 0.717) is 6.54 Å². The summed E-state index contributed by atoms with van der Waals surface area (Å²) in [7, 11) is 0. The van der Waals surface area contributed by atoms with Crippen molar-refractivity contribution in [2.45, 2.75) is 6.92 Å². The van der Waals surface area contributed by atoms with Crippen molar-refractivity contribution >= 4 is 5.91 Å². The molecule has 1 heterocycles. The lowest BCUT2D eigenvalue weighted by molar-refractivity contribution is -0.123. The first-order valence-corrected chi connectivity index (χ1v) is 3.37. The molecule has 1 N–H and O–H groups in total. The van der Waals surface area contributed by atoms with Gasteiger partial charge in [0, 0.05) is 18.8 Å². The van der Waals surface area contributed by atoms with Gasteiger partial charge in [-0.15, -0.1) is 0 Å².